The highest BCUT2D eigenvalue weighted by atomic mass is 15.2. The number of fused-ring (bicyclic) bond motifs is 1. The molecule has 0 aromatic carbocycles. The van der Waals surface area contributed by atoms with Crippen LogP contribution < -0.4 is 5.32 Å². The molecule has 0 aliphatic carbocycles. The molecule has 3 aromatic rings. The third-order valence-electron chi connectivity index (χ3n) is 3.09. The molecule has 0 aliphatic rings. The van der Waals surface area contributed by atoms with Gasteiger partial charge in [0.1, 0.15) is 5.52 Å². The van der Waals surface area contributed by atoms with Crippen LogP contribution in [0.1, 0.15) is 16.8 Å². The number of hydrogen-bond acceptors (Lipinski definition) is 4. The van der Waals surface area contributed by atoms with E-state index in [1.807, 2.05) is 36.0 Å². The van der Waals surface area contributed by atoms with Crippen molar-refractivity contribution < 1.29 is 0 Å². The van der Waals surface area contributed by atoms with E-state index in [1.165, 1.54) is 11.1 Å². The summed E-state index contributed by atoms with van der Waals surface area (Å²) in [5.74, 6) is 0.847. The van der Waals surface area contributed by atoms with Gasteiger partial charge in [0.15, 0.2) is 5.82 Å². The first-order chi connectivity index (χ1) is 9.24. The molecule has 3 rings (SSSR count). The van der Waals surface area contributed by atoms with Crippen molar-refractivity contribution in [2.75, 3.05) is 5.32 Å². The van der Waals surface area contributed by atoms with Crippen molar-refractivity contribution in [2.45, 2.75) is 20.4 Å². The van der Waals surface area contributed by atoms with Crippen molar-refractivity contribution >= 4 is 11.3 Å². The van der Waals surface area contributed by atoms with Gasteiger partial charge in [-0.15, -0.1) is 0 Å². The Bertz CT molecular complexity index is 717. The molecule has 0 bridgehead atoms. The molecule has 5 heteroatoms. The maximum atomic E-state index is 4.38. The second-order valence-electron chi connectivity index (χ2n) is 4.55. The maximum Gasteiger partial charge on any atom is 0.152 e. The van der Waals surface area contributed by atoms with Gasteiger partial charge >= 0.3 is 0 Å². The van der Waals surface area contributed by atoms with Gasteiger partial charge in [-0.1, -0.05) is 0 Å². The number of pyridine rings is 1. The van der Waals surface area contributed by atoms with E-state index in [0.29, 0.717) is 0 Å². The van der Waals surface area contributed by atoms with Crippen LogP contribution in [0.15, 0.2) is 36.9 Å². The van der Waals surface area contributed by atoms with E-state index >= 15 is 0 Å². The smallest absolute Gasteiger partial charge is 0.152 e. The molecule has 0 atom stereocenters. The third kappa shape index (κ3) is 2.27. The Balaban J connectivity index is 1.88. The molecule has 0 aliphatic heterocycles. The van der Waals surface area contributed by atoms with Crippen LogP contribution in [0.25, 0.3) is 5.52 Å². The molecular formula is C14H15N5. The molecule has 0 radical (unpaired) electrons. The Hall–Kier alpha value is -2.43. The van der Waals surface area contributed by atoms with Gasteiger partial charge in [-0.2, -0.15) is 5.10 Å². The van der Waals surface area contributed by atoms with Crippen LogP contribution in [0, 0.1) is 13.8 Å². The van der Waals surface area contributed by atoms with Gasteiger partial charge in [0.2, 0.25) is 0 Å². The highest BCUT2D eigenvalue weighted by Gasteiger charge is 2.05. The predicted octanol–water partition coefficient (Wildman–Crippen LogP) is 2.35. The lowest BCUT2D eigenvalue weighted by Crippen LogP contribution is -2.04. The normalized spacial score (nSPS) is 10.8. The number of aryl methyl sites for hydroxylation is 2. The highest BCUT2D eigenvalue weighted by molar-refractivity contribution is 5.67. The average Bonchev–Trinajstić information content (AvgIpc) is 2.78. The van der Waals surface area contributed by atoms with Crippen LogP contribution in [-0.4, -0.2) is 19.6 Å². The minimum atomic E-state index is 0.727. The standard InChI is InChI=1S/C14H15N5/c1-10-8-15-4-3-12(10)9-17-14-13-7-11(2)18-19(13)6-5-16-14/h3-8H,9H2,1-2H3,(H,16,17). The Morgan fingerprint density at radius 2 is 2.16 bits per heavy atom. The minimum Gasteiger partial charge on any atom is -0.364 e. The van der Waals surface area contributed by atoms with Crippen LogP contribution >= 0.6 is 0 Å². The second-order valence-corrected chi connectivity index (χ2v) is 4.55. The molecule has 1 N–H and O–H groups in total. The van der Waals surface area contributed by atoms with E-state index in [-0.39, 0.29) is 0 Å². The van der Waals surface area contributed by atoms with Crippen molar-refractivity contribution in [3.8, 4) is 0 Å². The highest BCUT2D eigenvalue weighted by Crippen LogP contribution is 2.16. The van der Waals surface area contributed by atoms with Gasteiger partial charge in [0.05, 0.1) is 5.69 Å². The zero-order valence-corrected chi connectivity index (χ0v) is 11.0. The number of hydrogen-bond donors (Lipinski definition) is 1. The zero-order valence-electron chi connectivity index (χ0n) is 11.0. The summed E-state index contributed by atoms with van der Waals surface area (Å²) in [5.41, 5.74) is 4.37. The van der Waals surface area contributed by atoms with Crippen LogP contribution in [-0.2, 0) is 6.54 Å². The summed E-state index contributed by atoms with van der Waals surface area (Å²) in [6, 6.07) is 4.04. The maximum absolute atomic E-state index is 4.38. The quantitative estimate of drug-likeness (QED) is 0.778. The average molecular weight is 253 g/mol. The van der Waals surface area contributed by atoms with E-state index in [1.54, 1.807) is 12.4 Å². The molecule has 3 heterocycles. The van der Waals surface area contributed by atoms with E-state index in [2.05, 4.69) is 27.3 Å². The first-order valence-corrected chi connectivity index (χ1v) is 6.18. The van der Waals surface area contributed by atoms with Crippen molar-refractivity contribution in [2.24, 2.45) is 0 Å². The van der Waals surface area contributed by atoms with Gasteiger partial charge in [0, 0.05) is 31.3 Å². The van der Waals surface area contributed by atoms with Crippen LogP contribution in [0.2, 0.25) is 0 Å². The van der Waals surface area contributed by atoms with Gasteiger partial charge in [-0.25, -0.2) is 9.50 Å². The SMILES string of the molecule is Cc1cc2c(NCc3ccncc3C)nccn2n1. The second kappa shape index (κ2) is 4.68. The molecular weight excluding hydrogens is 238 g/mol. The zero-order chi connectivity index (χ0) is 13.2. The third-order valence-corrected chi connectivity index (χ3v) is 3.09. The molecule has 19 heavy (non-hydrogen) atoms. The Kier molecular flexibility index (Phi) is 2.87. The number of nitrogens with zero attached hydrogens (tertiary/aromatic N) is 4. The molecule has 5 nitrogen and oxygen atoms in total. The molecule has 0 saturated heterocycles. The first-order valence-electron chi connectivity index (χ1n) is 6.18. The first kappa shape index (κ1) is 11.6. The number of rotatable bonds is 3. The Morgan fingerprint density at radius 1 is 1.26 bits per heavy atom. The molecule has 3 aromatic heterocycles. The van der Waals surface area contributed by atoms with Crippen molar-refractivity contribution in [1.82, 2.24) is 19.6 Å². The lowest BCUT2D eigenvalue weighted by molar-refractivity contribution is 0.919. The van der Waals surface area contributed by atoms with Crippen LogP contribution in [0.3, 0.4) is 0 Å². The fourth-order valence-corrected chi connectivity index (χ4v) is 2.06. The van der Waals surface area contributed by atoms with Gasteiger partial charge in [-0.05, 0) is 37.1 Å². The monoisotopic (exact) mass is 253 g/mol. The summed E-state index contributed by atoms with van der Waals surface area (Å²) in [6.45, 7) is 4.76. The van der Waals surface area contributed by atoms with Gasteiger partial charge in [0.25, 0.3) is 0 Å². The van der Waals surface area contributed by atoms with Gasteiger partial charge < -0.3 is 5.32 Å². The molecule has 0 spiro atoms. The fourth-order valence-electron chi connectivity index (χ4n) is 2.06. The van der Waals surface area contributed by atoms with Crippen LogP contribution in [0.5, 0.6) is 0 Å². The van der Waals surface area contributed by atoms with Crippen LogP contribution in [0.4, 0.5) is 5.82 Å². The Morgan fingerprint density at radius 3 is 3.00 bits per heavy atom. The van der Waals surface area contributed by atoms with Crippen molar-refractivity contribution in [1.29, 1.82) is 0 Å². The summed E-state index contributed by atoms with van der Waals surface area (Å²) in [6.07, 6.45) is 7.28. The number of aromatic nitrogens is 4. The summed E-state index contributed by atoms with van der Waals surface area (Å²) in [7, 11) is 0. The Labute approximate surface area is 111 Å². The summed E-state index contributed by atoms with van der Waals surface area (Å²) in [4.78, 5) is 8.47. The molecule has 96 valence electrons. The summed E-state index contributed by atoms with van der Waals surface area (Å²) >= 11 is 0. The van der Waals surface area contributed by atoms with E-state index < -0.39 is 0 Å². The number of anilines is 1. The van der Waals surface area contributed by atoms with E-state index in [9.17, 15) is 0 Å². The van der Waals surface area contributed by atoms with E-state index in [4.69, 9.17) is 0 Å². The lowest BCUT2D eigenvalue weighted by Gasteiger charge is -2.08. The van der Waals surface area contributed by atoms with Crippen molar-refractivity contribution in [3.05, 3.63) is 53.7 Å². The molecule has 0 unspecified atom stereocenters. The fraction of sp³-hybridized carbons (Fsp3) is 0.214. The molecule has 0 amide bonds. The largest absolute Gasteiger partial charge is 0.364 e. The summed E-state index contributed by atoms with van der Waals surface area (Å²) < 4.78 is 1.84. The van der Waals surface area contributed by atoms with Crippen molar-refractivity contribution in [3.63, 3.8) is 0 Å². The minimum absolute atomic E-state index is 0.727. The molecule has 0 fully saturated rings. The molecule has 0 saturated carbocycles. The summed E-state index contributed by atoms with van der Waals surface area (Å²) in [5, 5.41) is 7.73. The predicted molar refractivity (Wildman–Crippen MR) is 74.0 cm³/mol. The van der Waals surface area contributed by atoms with Gasteiger partial charge in [-0.3, -0.25) is 4.98 Å². The topological polar surface area (TPSA) is 55.1 Å². The number of nitrogens with one attached hydrogen (secondary N) is 1. The van der Waals surface area contributed by atoms with E-state index in [0.717, 1.165) is 23.6 Å². The lowest BCUT2D eigenvalue weighted by atomic mass is 10.1.